The summed E-state index contributed by atoms with van der Waals surface area (Å²) in [6.07, 6.45) is 4.25. The average molecular weight is 263 g/mol. The Hall–Kier alpha value is -1.62. The van der Waals surface area contributed by atoms with Gasteiger partial charge in [0.1, 0.15) is 5.82 Å². The van der Waals surface area contributed by atoms with Crippen molar-refractivity contribution in [2.45, 2.75) is 44.7 Å². The van der Waals surface area contributed by atoms with Gasteiger partial charge in [-0.05, 0) is 44.7 Å². The molecule has 3 N–H and O–H groups in total. The summed E-state index contributed by atoms with van der Waals surface area (Å²) in [6.45, 7) is 1.81. The number of methoxy groups -OCH3 is 1. The van der Waals surface area contributed by atoms with E-state index in [0.717, 1.165) is 31.5 Å². The zero-order chi connectivity index (χ0) is 13.8. The zero-order valence-corrected chi connectivity index (χ0v) is 11.5. The SMILES string of the molecule is COC(=O)c1ccc(NC2CCC(N)CC2)nc1C. The van der Waals surface area contributed by atoms with E-state index in [1.165, 1.54) is 7.11 Å². The molecule has 1 aromatic heterocycles. The van der Waals surface area contributed by atoms with E-state index in [1.807, 2.05) is 13.0 Å². The van der Waals surface area contributed by atoms with Gasteiger partial charge in [0.2, 0.25) is 0 Å². The summed E-state index contributed by atoms with van der Waals surface area (Å²) in [6, 6.07) is 4.35. The number of pyridine rings is 1. The molecule has 2 rings (SSSR count). The third kappa shape index (κ3) is 3.44. The molecule has 5 heteroatoms. The van der Waals surface area contributed by atoms with Gasteiger partial charge in [-0.1, -0.05) is 0 Å². The second kappa shape index (κ2) is 6.02. The van der Waals surface area contributed by atoms with Crippen LogP contribution in [-0.2, 0) is 4.74 Å². The van der Waals surface area contributed by atoms with Gasteiger partial charge in [0, 0.05) is 12.1 Å². The number of nitrogens with zero attached hydrogens (tertiary/aromatic N) is 1. The van der Waals surface area contributed by atoms with E-state index in [2.05, 4.69) is 10.3 Å². The van der Waals surface area contributed by atoms with E-state index in [-0.39, 0.29) is 5.97 Å². The molecule has 0 saturated heterocycles. The molecule has 0 aliphatic heterocycles. The number of hydrogen-bond donors (Lipinski definition) is 2. The van der Waals surface area contributed by atoms with Gasteiger partial charge in [0.15, 0.2) is 0 Å². The third-order valence-corrected chi connectivity index (χ3v) is 3.61. The maximum Gasteiger partial charge on any atom is 0.339 e. The maximum absolute atomic E-state index is 11.5. The second-order valence-corrected chi connectivity index (χ2v) is 5.08. The number of nitrogens with one attached hydrogen (secondary N) is 1. The van der Waals surface area contributed by atoms with Gasteiger partial charge in [-0.25, -0.2) is 9.78 Å². The molecule has 1 fully saturated rings. The number of hydrogen-bond acceptors (Lipinski definition) is 5. The van der Waals surface area contributed by atoms with Crippen molar-refractivity contribution in [3.63, 3.8) is 0 Å². The minimum atomic E-state index is -0.347. The van der Waals surface area contributed by atoms with Gasteiger partial charge in [0.25, 0.3) is 0 Å². The average Bonchev–Trinajstić information content (AvgIpc) is 2.41. The number of anilines is 1. The number of rotatable bonds is 3. The smallest absolute Gasteiger partial charge is 0.339 e. The summed E-state index contributed by atoms with van der Waals surface area (Å²) in [5, 5.41) is 3.41. The van der Waals surface area contributed by atoms with Crippen molar-refractivity contribution in [3.05, 3.63) is 23.4 Å². The van der Waals surface area contributed by atoms with Crippen LogP contribution in [-0.4, -0.2) is 30.1 Å². The van der Waals surface area contributed by atoms with Crippen molar-refractivity contribution >= 4 is 11.8 Å². The quantitative estimate of drug-likeness (QED) is 0.814. The predicted octanol–water partition coefficient (Wildman–Crippen LogP) is 1.86. The van der Waals surface area contributed by atoms with Crippen LogP contribution in [0.2, 0.25) is 0 Å². The van der Waals surface area contributed by atoms with Crippen molar-refractivity contribution in [2.75, 3.05) is 12.4 Å². The van der Waals surface area contributed by atoms with Crippen molar-refractivity contribution < 1.29 is 9.53 Å². The molecule has 1 aliphatic rings. The van der Waals surface area contributed by atoms with E-state index < -0.39 is 0 Å². The highest BCUT2D eigenvalue weighted by molar-refractivity contribution is 5.90. The number of nitrogens with two attached hydrogens (primary N) is 1. The largest absolute Gasteiger partial charge is 0.465 e. The maximum atomic E-state index is 11.5. The third-order valence-electron chi connectivity index (χ3n) is 3.61. The molecule has 0 aromatic carbocycles. The lowest BCUT2D eigenvalue weighted by molar-refractivity contribution is 0.0599. The van der Waals surface area contributed by atoms with Gasteiger partial charge < -0.3 is 15.8 Å². The van der Waals surface area contributed by atoms with E-state index >= 15 is 0 Å². The van der Waals surface area contributed by atoms with Crippen LogP contribution in [0.5, 0.6) is 0 Å². The summed E-state index contributed by atoms with van der Waals surface area (Å²) in [5.41, 5.74) is 7.09. The second-order valence-electron chi connectivity index (χ2n) is 5.08. The molecule has 0 bridgehead atoms. The zero-order valence-electron chi connectivity index (χ0n) is 11.5. The van der Waals surface area contributed by atoms with Gasteiger partial charge >= 0.3 is 5.97 Å². The summed E-state index contributed by atoms with van der Waals surface area (Å²) < 4.78 is 4.71. The molecule has 0 atom stereocenters. The van der Waals surface area contributed by atoms with Gasteiger partial charge in [-0.2, -0.15) is 0 Å². The Morgan fingerprint density at radius 1 is 1.37 bits per heavy atom. The van der Waals surface area contributed by atoms with Crippen molar-refractivity contribution in [2.24, 2.45) is 5.73 Å². The molecule has 5 nitrogen and oxygen atoms in total. The topological polar surface area (TPSA) is 77.2 Å². The Morgan fingerprint density at radius 3 is 2.63 bits per heavy atom. The monoisotopic (exact) mass is 263 g/mol. The fourth-order valence-electron chi connectivity index (χ4n) is 2.44. The molecule has 1 heterocycles. The highest BCUT2D eigenvalue weighted by Crippen LogP contribution is 2.21. The number of esters is 1. The summed E-state index contributed by atoms with van der Waals surface area (Å²) in [4.78, 5) is 15.9. The molecule has 19 heavy (non-hydrogen) atoms. The van der Waals surface area contributed by atoms with E-state index in [4.69, 9.17) is 10.5 Å². The summed E-state index contributed by atoms with van der Waals surface area (Å²) in [5.74, 6) is 0.464. The first kappa shape index (κ1) is 13.8. The van der Waals surface area contributed by atoms with Crippen LogP contribution in [0.3, 0.4) is 0 Å². The minimum absolute atomic E-state index is 0.342. The predicted molar refractivity (Wildman–Crippen MR) is 74.2 cm³/mol. The Bertz CT molecular complexity index is 454. The Morgan fingerprint density at radius 2 is 2.05 bits per heavy atom. The first-order valence-electron chi connectivity index (χ1n) is 6.68. The molecule has 0 spiro atoms. The molecule has 104 valence electrons. The number of aromatic nitrogens is 1. The Labute approximate surface area is 113 Å². The van der Waals surface area contributed by atoms with Crippen LogP contribution in [0.15, 0.2) is 12.1 Å². The van der Waals surface area contributed by atoms with Gasteiger partial charge in [0.05, 0.1) is 18.4 Å². The molecule has 0 unspecified atom stereocenters. The Kier molecular flexibility index (Phi) is 4.37. The first-order chi connectivity index (χ1) is 9.10. The molecule has 0 radical (unpaired) electrons. The number of aryl methyl sites for hydroxylation is 1. The highest BCUT2D eigenvalue weighted by atomic mass is 16.5. The van der Waals surface area contributed by atoms with E-state index in [1.54, 1.807) is 6.07 Å². The lowest BCUT2D eigenvalue weighted by Crippen LogP contribution is -2.33. The lowest BCUT2D eigenvalue weighted by atomic mass is 9.92. The number of carbonyl (C=O) groups excluding carboxylic acids is 1. The van der Waals surface area contributed by atoms with Crippen molar-refractivity contribution in [3.8, 4) is 0 Å². The van der Waals surface area contributed by atoms with E-state index in [0.29, 0.717) is 23.3 Å². The molecule has 1 aliphatic carbocycles. The first-order valence-corrected chi connectivity index (χ1v) is 6.68. The van der Waals surface area contributed by atoms with E-state index in [9.17, 15) is 4.79 Å². The molecular weight excluding hydrogens is 242 g/mol. The van der Waals surface area contributed by atoms with Crippen LogP contribution >= 0.6 is 0 Å². The number of ether oxygens (including phenoxy) is 1. The van der Waals surface area contributed by atoms with Crippen LogP contribution in [0.25, 0.3) is 0 Å². The van der Waals surface area contributed by atoms with Crippen LogP contribution < -0.4 is 11.1 Å². The van der Waals surface area contributed by atoms with Crippen LogP contribution in [0.4, 0.5) is 5.82 Å². The molecule has 1 saturated carbocycles. The fraction of sp³-hybridized carbons (Fsp3) is 0.571. The standard InChI is InChI=1S/C14H21N3O2/c1-9-12(14(18)19-2)7-8-13(16-9)17-11-5-3-10(15)4-6-11/h7-8,10-11H,3-6,15H2,1-2H3,(H,16,17). The normalized spacial score (nSPS) is 22.9. The fourth-order valence-corrected chi connectivity index (χ4v) is 2.44. The van der Waals surface area contributed by atoms with Gasteiger partial charge in [-0.15, -0.1) is 0 Å². The van der Waals surface area contributed by atoms with Crippen molar-refractivity contribution in [1.29, 1.82) is 0 Å². The highest BCUT2D eigenvalue weighted by Gasteiger charge is 2.19. The Balaban J connectivity index is 2.02. The summed E-state index contributed by atoms with van der Waals surface area (Å²) in [7, 11) is 1.37. The number of carbonyl (C=O) groups is 1. The van der Waals surface area contributed by atoms with Crippen molar-refractivity contribution in [1.82, 2.24) is 4.98 Å². The minimum Gasteiger partial charge on any atom is -0.465 e. The molecule has 0 amide bonds. The van der Waals surface area contributed by atoms with Crippen LogP contribution in [0.1, 0.15) is 41.7 Å². The van der Waals surface area contributed by atoms with Crippen LogP contribution in [0, 0.1) is 6.92 Å². The molecular formula is C14H21N3O2. The van der Waals surface area contributed by atoms with Gasteiger partial charge in [-0.3, -0.25) is 0 Å². The summed E-state index contributed by atoms with van der Waals surface area (Å²) >= 11 is 0. The lowest BCUT2D eigenvalue weighted by Gasteiger charge is -2.27. The molecule has 1 aromatic rings.